The molecule has 0 saturated carbocycles. The van der Waals surface area contributed by atoms with Crippen molar-refractivity contribution in [3.8, 4) is 0 Å². The monoisotopic (exact) mass is 370 g/mol. The van der Waals surface area contributed by atoms with Crippen LogP contribution in [0.25, 0.3) is 0 Å². The Bertz CT molecular complexity index is 638. The number of carbonyl (C=O) groups is 1. The highest BCUT2D eigenvalue weighted by atomic mass is 127. The third-order valence-corrected chi connectivity index (χ3v) is 3.89. The van der Waals surface area contributed by atoms with Crippen LogP contribution in [0, 0.1) is 9.39 Å². The van der Waals surface area contributed by atoms with E-state index in [2.05, 4.69) is 22.6 Å². The summed E-state index contributed by atoms with van der Waals surface area (Å²) in [6.07, 6.45) is 1.97. The molecule has 1 aromatic heterocycles. The van der Waals surface area contributed by atoms with Crippen LogP contribution in [0.5, 0.6) is 0 Å². The largest absolute Gasteiger partial charge is 0.341 e. The van der Waals surface area contributed by atoms with Crippen LogP contribution in [0.2, 0.25) is 0 Å². The van der Waals surface area contributed by atoms with E-state index in [9.17, 15) is 9.18 Å². The molecule has 19 heavy (non-hydrogen) atoms. The number of hydrogen-bond donors (Lipinski definition) is 0. The van der Waals surface area contributed by atoms with Gasteiger partial charge in [-0.15, -0.1) is 0 Å². The number of benzene rings is 1. The normalized spacial score (nSPS) is 14.6. The van der Waals surface area contributed by atoms with E-state index in [0.29, 0.717) is 24.3 Å². The Hall–Kier alpha value is -1.37. The highest BCUT2D eigenvalue weighted by Crippen LogP contribution is 2.20. The van der Waals surface area contributed by atoms with Gasteiger partial charge in [-0.3, -0.25) is 4.79 Å². The predicted molar refractivity (Wildman–Crippen MR) is 78.3 cm³/mol. The van der Waals surface area contributed by atoms with E-state index >= 15 is 0 Å². The van der Waals surface area contributed by atoms with Gasteiger partial charge in [-0.2, -0.15) is 0 Å². The third-order valence-electron chi connectivity index (χ3n) is 3.30. The van der Waals surface area contributed by atoms with Crippen LogP contribution >= 0.6 is 22.6 Å². The number of nitrogens with zero attached hydrogens (tertiary/aromatic N) is 2. The zero-order chi connectivity index (χ0) is 13.4. The molecule has 0 aliphatic carbocycles. The third kappa shape index (κ3) is 2.39. The first-order valence-corrected chi connectivity index (χ1v) is 7.11. The molecule has 1 amide bonds. The minimum Gasteiger partial charge on any atom is -0.341 e. The van der Waals surface area contributed by atoms with Gasteiger partial charge in [0.1, 0.15) is 11.5 Å². The first-order valence-electron chi connectivity index (χ1n) is 6.03. The highest BCUT2D eigenvalue weighted by Gasteiger charge is 2.25. The molecule has 1 aliphatic rings. The second-order valence-corrected chi connectivity index (χ2v) is 5.80. The fourth-order valence-corrected chi connectivity index (χ4v) is 2.95. The van der Waals surface area contributed by atoms with Gasteiger partial charge >= 0.3 is 0 Å². The molecule has 1 aliphatic heterocycles. The zero-order valence-electron chi connectivity index (χ0n) is 10.1. The van der Waals surface area contributed by atoms with Gasteiger partial charge in [-0.1, -0.05) is 18.2 Å². The Kier molecular flexibility index (Phi) is 3.30. The summed E-state index contributed by atoms with van der Waals surface area (Å²) in [5.41, 5.74) is 1.25. The van der Waals surface area contributed by atoms with Crippen molar-refractivity contribution >= 4 is 28.5 Å². The number of hydrogen-bond acceptors (Lipinski definition) is 1. The van der Waals surface area contributed by atoms with E-state index in [1.165, 1.54) is 6.07 Å². The van der Waals surface area contributed by atoms with E-state index in [-0.39, 0.29) is 11.7 Å². The van der Waals surface area contributed by atoms with Gasteiger partial charge in [0.25, 0.3) is 5.91 Å². The summed E-state index contributed by atoms with van der Waals surface area (Å²) in [4.78, 5) is 14.0. The zero-order valence-corrected chi connectivity index (χ0v) is 12.3. The lowest BCUT2D eigenvalue weighted by atomic mass is 10.2. The quantitative estimate of drug-likeness (QED) is 0.747. The first kappa shape index (κ1) is 12.7. The summed E-state index contributed by atoms with van der Waals surface area (Å²) in [5.74, 6) is -0.289. The van der Waals surface area contributed by atoms with Gasteiger partial charge in [0.05, 0.1) is 0 Å². The van der Waals surface area contributed by atoms with Crippen molar-refractivity contribution < 1.29 is 9.18 Å². The van der Waals surface area contributed by atoms with Crippen LogP contribution < -0.4 is 0 Å². The fraction of sp³-hybridized carbons (Fsp3) is 0.214. The summed E-state index contributed by atoms with van der Waals surface area (Å²) in [6, 6.07) is 8.47. The van der Waals surface area contributed by atoms with Gasteiger partial charge < -0.3 is 9.47 Å². The molecule has 3 nitrogen and oxygen atoms in total. The van der Waals surface area contributed by atoms with Crippen LogP contribution in [0.3, 0.4) is 0 Å². The SMILES string of the molecule is O=C1c2cc(I)cn2CCN1Cc1ccccc1F. The maximum atomic E-state index is 13.6. The molecular formula is C14H12FIN2O. The molecule has 0 bridgehead atoms. The molecule has 1 aromatic carbocycles. The predicted octanol–water partition coefficient (Wildman–Crippen LogP) is 2.89. The number of halogens is 2. The molecule has 0 N–H and O–H groups in total. The van der Waals surface area contributed by atoms with E-state index in [1.807, 2.05) is 16.8 Å². The summed E-state index contributed by atoms with van der Waals surface area (Å²) in [5, 5.41) is 0. The Balaban J connectivity index is 1.85. The summed E-state index contributed by atoms with van der Waals surface area (Å²) in [6.45, 7) is 1.71. The van der Waals surface area contributed by atoms with Crippen molar-refractivity contribution in [3.05, 3.63) is 57.2 Å². The van der Waals surface area contributed by atoms with Crippen molar-refractivity contribution in [3.63, 3.8) is 0 Å². The van der Waals surface area contributed by atoms with Crippen molar-refractivity contribution in [1.29, 1.82) is 0 Å². The highest BCUT2D eigenvalue weighted by molar-refractivity contribution is 14.1. The van der Waals surface area contributed by atoms with E-state index in [0.717, 1.165) is 10.1 Å². The lowest BCUT2D eigenvalue weighted by molar-refractivity contribution is 0.0689. The van der Waals surface area contributed by atoms with Gasteiger partial charge in [0.2, 0.25) is 0 Å². The minimum absolute atomic E-state index is 0.0302. The van der Waals surface area contributed by atoms with E-state index in [1.54, 1.807) is 23.1 Å². The standard InChI is InChI=1S/C14H12FIN2O/c15-12-4-2-1-3-10(12)8-18-6-5-17-9-11(16)7-13(17)14(18)19/h1-4,7,9H,5-6,8H2. The van der Waals surface area contributed by atoms with Crippen LogP contribution in [0.15, 0.2) is 36.5 Å². The Labute approximate surface area is 124 Å². The van der Waals surface area contributed by atoms with E-state index < -0.39 is 0 Å². The number of aromatic nitrogens is 1. The molecule has 0 fully saturated rings. The molecule has 0 spiro atoms. The average Bonchev–Trinajstić information content (AvgIpc) is 2.77. The van der Waals surface area contributed by atoms with Crippen molar-refractivity contribution in [2.24, 2.45) is 0 Å². The molecule has 0 unspecified atom stereocenters. The topological polar surface area (TPSA) is 25.2 Å². The van der Waals surface area contributed by atoms with Gasteiger partial charge in [-0.05, 0) is 34.7 Å². The first-order chi connectivity index (χ1) is 9.15. The summed E-state index contributed by atoms with van der Waals surface area (Å²) < 4.78 is 16.6. The van der Waals surface area contributed by atoms with Gasteiger partial charge in [0.15, 0.2) is 0 Å². The maximum absolute atomic E-state index is 13.6. The Morgan fingerprint density at radius 2 is 2.05 bits per heavy atom. The second-order valence-electron chi connectivity index (χ2n) is 4.56. The lowest BCUT2D eigenvalue weighted by Crippen LogP contribution is -2.39. The average molecular weight is 370 g/mol. The Morgan fingerprint density at radius 1 is 1.26 bits per heavy atom. The number of amides is 1. The molecule has 0 radical (unpaired) electrons. The number of fused-ring (bicyclic) bond motifs is 1. The van der Waals surface area contributed by atoms with Crippen molar-refractivity contribution in [1.82, 2.24) is 9.47 Å². The minimum atomic E-state index is -0.258. The lowest BCUT2D eigenvalue weighted by Gasteiger charge is -2.28. The summed E-state index contributed by atoms with van der Waals surface area (Å²) in [7, 11) is 0. The van der Waals surface area contributed by atoms with Crippen LogP contribution in [0.4, 0.5) is 4.39 Å². The molecule has 2 aromatic rings. The van der Waals surface area contributed by atoms with Crippen molar-refractivity contribution in [2.75, 3.05) is 6.54 Å². The smallest absolute Gasteiger partial charge is 0.270 e. The van der Waals surface area contributed by atoms with Crippen LogP contribution in [0.1, 0.15) is 16.1 Å². The number of rotatable bonds is 2. The maximum Gasteiger partial charge on any atom is 0.270 e. The molecule has 5 heteroatoms. The summed E-state index contributed by atoms with van der Waals surface area (Å²) >= 11 is 2.20. The van der Waals surface area contributed by atoms with Gasteiger partial charge in [0, 0.05) is 35.0 Å². The molecular weight excluding hydrogens is 358 g/mol. The van der Waals surface area contributed by atoms with Crippen molar-refractivity contribution in [2.45, 2.75) is 13.1 Å². The Morgan fingerprint density at radius 3 is 2.84 bits per heavy atom. The molecule has 2 heterocycles. The molecule has 98 valence electrons. The molecule has 0 atom stereocenters. The molecule has 3 rings (SSSR count). The second kappa shape index (κ2) is 4.96. The van der Waals surface area contributed by atoms with E-state index in [4.69, 9.17) is 0 Å². The molecule has 0 saturated heterocycles. The fourth-order valence-electron chi connectivity index (χ4n) is 2.31. The van der Waals surface area contributed by atoms with Gasteiger partial charge in [-0.25, -0.2) is 4.39 Å². The number of carbonyl (C=O) groups excluding carboxylic acids is 1. The van der Waals surface area contributed by atoms with Crippen LogP contribution in [-0.2, 0) is 13.1 Å². The van der Waals surface area contributed by atoms with Crippen LogP contribution in [-0.4, -0.2) is 21.9 Å².